The van der Waals surface area contributed by atoms with Crippen molar-refractivity contribution < 1.29 is 4.79 Å². The van der Waals surface area contributed by atoms with Crippen LogP contribution in [0.4, 0.5) is 11.8 Å². The Kier molecular flexibility index (Phi) is 7.01. The van der Waals surface area contributed by atoms with Crippen LogP contribution < -0.4 is 15.5 Å². The van der Waals surface area contributed by atoms with E-state index in [2.05, 4.69) is 15.6 Å². The lowest BCUT2D eigenvalue weighted by atomic mass is 9.86. The molecule has 32 heavy (non-hydrogen) atoms. The molecular formula is C24H27Cl2N5O. The maximum atomic E-state index is 12.6. The molecule has 2 aromatic carbocycles. The molecule has 0 unspecified atom stereocenters. The van der Waals surface area contributed by atoms with E-state index in [-0.39, 0.29) is 11.9 Å². The lowest BCUT2D eigenvalue weighted by Crippen LogP contribution is -2.38. The van der Waals surface area contributed by atoms with Gasteiger partial charge in [-0.05, 0) is 55.9 Å². The molecule has 1 heterocycles. The van der Waals surface area contributed by atoms with Crippen molar-refractivity contribution in [2.24, 2.45) is 5.92 Å². The Hall–Kier alpha value is -2.57. The molecule has 0 bridgehead atoms. The molecule has 2 N–H and O–H groups in total. The van der Waals surface area contributed by atoms with E-state index in [1.165, 1.54) is 0 Å². The number of para-hydroxylation sites is 1. The van der Waals surface area contributed by atoms with Crippen LogP contribution in [0.25, 0.3) is 10.9 Å². The summed E-state index contributed by atoms with van der Waals surface area (Å²) in [7, 11) is 3.98. The second-order valence-corrected chi connectivity index (χ2v) is 9.27. The van der Waals surface area contributed by atoms with E-state index in [0.717, 1.165) is 48.9 Å². The molecule has 0 spiro atoms. The average Bonchev–Trinajstić information content (AvgIpc) is 2.78. The number of carbonyl (C=O) groups excluding carboxylic acids is 1. The van der Waals surface area contributed by atoms with E-state index in [0.29, 0.717) is 27.5 Å². The normalized spacial score (nSPS) is 18.4. The summed E-state index contributed by atoms with van der Waals surface area (Å²) >= 11 is 12.3. The Bertz CT molecular complexity index is 1090. The van der Waals surface area contributed by atoms with Crippen molar-refractivity contribution in [2.45, 2.75) is 31.7 Å². The molecule has 0 atom stereocenters. The SMILES string of the molecule is CN(C)c1nc(NCC2CCC(NC(=O)c3c(Cl)cccc3Cl)CC2)nc2ccccc12. The minimum atomic E-state index is -0.206. The third kappa shape index (κ3) is 5.08. The zero-order valence-electron chi connectivity index (χ0n) is 18.2. The molecule has 1 saturated carbocycles. The predicted octanol–water partition coefficient (Wildman–Crippen LogP) is 5.40. The summed E-state index contributed by atoms with van der Waals surface area (Å²) in [6, 6.07) is 13.3. The van der Waals surface area contributed by atoms with Gasteiger partial charge in [-0.15, -0.1) is 0 Å². The molecule has 6 nitrogen and oxygen atoms in total. The van der Waals surface area contributed by atoms with Crippen molar-refractivity contribution in [3.05, 3.63) is 58.1 Å². The van der Waals surface area contributed by atoms with Crippen molar-refractivity contribution in [3.8, 4) is 0 Å². The number of aromatic nitrogens is 2. The van der Waals surface area contributed by atoms with Crippen LogP contribution in [-0.4, -0.2) is 42.6 Å². The quantitative estimate of drug-likeness (QED) is 0.503. The number of halogens is 2. The number of rotatable bonds is 6. The monoisotopic (exact) mass is 471 g/mol. The van der Waals surface area contributed by atoms with Crippen molar-refractivity contribution in [1.82, 2.24) is 15.3 Å². The maximum absolute atomic E-state index is 12.6. The van der Waals surface area contributed by atoms with Gasteiger partial charge in [-0.3, -0.25) is 4.79 Å². The van der Waals surface area contributed by atoms with Crippen LogP contribution in [0.2, 0.25) is 10.0 Å². The lowest BCUT2D eigenvalue weighted by molar-refractivity contribution is 0.0923. The number of benzene rings is 2. The van der Waals surface area contributed by atoms with Crippen LogP contribution in [0.1, 0.15) is 36.0 Å². The second-order valence-electron chi connectivity index (χ2n) is 8.45. The van der Waals surface area contributed by atoms with Crippen LogP contribution in [0.3, 0.4) is 0 Å². The minimum Gasteiger partial charge on any atom is -0.362 e. The number of carbonyl (C=O) groups is 1. The first-order valence-electron chi connectivity index (χ1n) is 10.8. The zero-order valence-corrected chi connectivity index (χ0v) is 19.7. The molecule has 0 radical (unpaired) electrons. The van der Waals surface area contributed by atoms with Crippen LogP contribution in [0.15, 0.2) is 42.5 Å². The van der Waals surface area contributed by atoms with Gasteiger partial charge in [-0.2, -0.15) is 4.98 Å². The van der Waals surface area contributed by atoms with Crippen LogP contribution >= 0.6 is 23.2 Å². The van der Waals surface area contributed by atoms with Gasteiger partial charge in [0.2, 0.25) is 5.95 Å². The third-order valence-electron chi connectivity index (χ3n) is 5.93. The average molecular weight is 472 g/mol. The van der Waals surface area contributed by atoms with E-state index in [1.807, 2.05) is 43.3 Å². The summed E-state index contributed by atoms with van der Waals surface area (Å²) in [5.74, 6) is 1.85. The highest BCUT2D eigenvalue weighted by atomic mass is 35.5. The molecule has 0 saturated heterocycles. The Labute approximate surface area is 198 Å². The Morgan fingerprint density at radius 1 is 1.00 bits per heavy atom. The van der Waals surface area contributed by atoms with E-state index < -0.39 is 0 Å². The number of nitrogens with one attached hydrogen (secondary N) is 2. The van der Waals surface area contributed by atoms with Gasteiger partial charge in [-0.1, -0.05) is 41.4 Å². The second kappa shape index (κ2) is 9.92. The molecule has 4 rings (SSSR count). The van der Waals surface area contributed by atoms with Crippen molar-refractivity contribution >= 4 is 51.8 Å². The van der Waals surface area contributed by atoms with Gasteiger partial charge in [0.1, 0.15) is 5.82 Å². The Balaban J connectivity index is 1.32. The first-order valence-corrected chi connectivity index (χ1v) is 11.6. The Morgan fingerprint density at radius 3 is 2.38 bits per heavy atom. The number of nitrogens with zero attached hydrogens (tertiary/aromatic N) is 3. The molecule has 168 valence electrons. The van der Waals surface area contributed by atoms with Crippen molar-refractivity contribution in [1.29, 1.82) is 0 Å². The number of fused-ring (bicyclic) bond motifs is 1. The fourth-order valence-electron chi connectivity index (χ4n) is 4.20. The zero-order chi connectivity index (χ0) is 22.7. The largest absolute Gasteiger partial charge is 0.362 e. The van der Waals surface area contributed by atoms with Gasteiger partial charge in [-0.25, -0.2) is 4.98 Å². The fraction of sp³-hybridized carbons (Fsp3) is 0.375. The number of amides is 1. The highest BCUT2D eigenvalue weighted by Crippen LogP contribution is 2.28. The minimum absolute atomic E-state index is 0.128. The van der Waals surface area contributed by atoms with Gasteiger partial charge >= 0.3 is 0 Å². The molecule has 1 amide bonds. The lowest BCUT2D eigenvalue weighted by Gasteiger charge is -2.29. The van der Waals surface area contributed by atoms with Crippen molar-refractivity contribution in [2.75, 3.05) is 30.9 Å². The molecule has 1 aliphatic carbocycles. The summed E-state index contributed by atoms with van der Waals surface area (Å²) < 4.78 is 0. The van der Waals surface area contributed by atoms with E-state index >= 15 is 0 Å². The number of hydrogen-bond acceptors (Lipinski definition) is 5. The van der Waals surface area contributed by atoms with Crippen LogP contribution in [0.5, 0.6) is 0 Å². The van der Waals surface area contributed by atoms with Gasteiger partial charge in [0, 0.05) is 32.1 Å². The van der Waals surface area contributed by atoms with E-state index in [1.54, 1.807) is 18.2 Å². The summed E-state index contributed by atoms with van der Waals surface area (Å²) in [5.41, 5.74) is 1.28. The van der Waals surface area contributed by atoms with Gasteiger partial charge in [0.05, 0.1) is 21.1 Å². The smallest absolute Gasteiger partial charge is 0.254 e. The topological polar surface area (TPSA) is 70.2 Å². The van der Waals surface area contributed by atoms with Gasteiger partial charge in [0.15, 0.2) is 0 Å². The number of hydrogen-bond donors (Lipinski definition) is 2. The standard InChI is InChI=1S/C24H27Cl2N5O/c1-31(2)22-17-6-3-4-9-20(17)29-24(30-22)27-14-15-10-12-16(13-11-15)28-23(32)21-18(25)7-5-8-19(21)26/h3-9,15-16H,10-14H2,1-2H3,(H,28,32)(H,27,29,30). The highest BCUT2D eigenvalue weighted by molar-refractivity contribution is 6.39. The van der Waals surface area contributed by atoms with E-state index in [9.17, 15) is 4.79 Å². The van der Waals surface area contributed by atoms with Crippen LogP contribution in [0, 0.1) is 5.92 Å². The molecule has 1 aromatic heterocycles. The molecular weight excluding hydrogens is 445 g/mol. The van der Waals surface area contributed by atoms with Crippen LogP contribution in [-0.2, 0) is 0 Å². The number of anilines is 2. The molecule has 1 fully saturated rings. The fourth-order valence-corrected chi connectivity index (χ4v) is 4.77. The van der Waals surface area contributed by atoms with Gasteiger partial charge in [0.25, 0.3) is 5.91 Å². The van der Waals surface area contributed by atoms with Crippen molar-refractivity contribution in [3.63, 3.8) is 0 Å². The summed E-state index contributed by atoms with van der Waals surface area (Å²) in [6.07, 6.45) is 3.87. The maximum Gasteiger partial charge on any atom is 0.254 e. The summed E-state index contributed by atoms with van der Waals surface area (Å²) in [4.78, 5) is 24.0. The predicted molar refractivity (Wildman–Crippen MR) is 132 cm³/mol. The molecule has 3 aromatic rings. The van der Waals surface area contributed by atoms with E-state index in [4.69, 9.17) is 28.2 Å². The molecule has 8 heteroatoms. The highest BCUT2D eigenvalue weighted by Gasteiger charge is 2.24. The summed E-state index contributed by atoms with van der Waals surface area (Å²) in [6.45, 7) is 0.808. The Morgan fingerprint density at radius 2 is 1.69 bits per heavy atom. The molecule has 1 aliphatic rings. The summed E-state index contributed by atoms with van der Waals surface area (Å²) in [5, 5.41) is 8.31. The first kappa shape index (κ1) is 22.6. The molecule has 0 aliphatic heterocycles. The first-order chi connectivity index (χ1) is 15.4. The third-order valence-corrected chi connectivity index (χ3v) is 6.56. The van der Waals surface area contributed by atoms with Gasteiger partial charge < -0.3 is 15.5 Å².